The van der Waals surface area contributed by atoms with Gasteiger partial charge in [-0.25, -0.2) is 4.39 Å². The van der Waals surface area contributed by atoms with Gasteiger partial charge in [0.25, 0.3) is 0 Å². The second-order valence-electron chi connectivity index (χ2n) is 5.99. The second-order valence-corrected chi connectivity index (χ2v) is 5.99. The standard InChI is InChI=1S/C21H22FNO/c1-16(17-6-3-2-4-7-17)23-14-13-20(21-8-5-15-24-21)18-9-11-19(22)12-10-18/h2-12,15-16,20,23H,13-14H2,1H3/t16-,20+/m1/s1. The minimum atomic E-state index is -0.215. The van der Waals surface area contributed by atoms with Crippen LogP contribution >= 0.6 is 0 Å². The number of benzene rings is 2. The summed E-state index contributed by atoms with van der Waals surface area (Å²) in [4.78, 5) is 0. The molecule has 0 saturated carbocycles. The average molecular weight is 323 g/mol. The van der Waals surface area contributed by atoms with E-state index in [0.29, 0.717) is 0 Å². The van der Waals surface area contributed by atoms with Crippen LogP contribution in [0.15, 0.2) is 77.4 Å². The van der Waals surface area contributed by atoms with Crippen molar-refractivity contribution in [2.75, 3.05) is 6.54 Å². The van der Waals surface area contributed by atoms with Crippen LogP contribution < -0.4 is 5.32 Å². The van der Waals surface area contributed by atoms with Crippen molar-refractivity contribution in [3.8, 4) is 0 Å². The zero-order valence-electron chi connectivity index (χ0n) is 13.8. The van der Waals surface area contributed by atoms with Gasteiger partial charge in [0.2, 0.25) is 0 Å². The molecular weight excluding hydrogens is 301 g/mol. The predicted molar refractivity (Wildman–Crippen MR) is 94.4 cm³/mol. The fraction of sp³-hybridized carbons (Fsp3) is 0.238. The zero-order valence-corrected chi connectivity index (χ0v) is 13.8. The molecule has 0 unspecified atom stereocenters. The van der Waals surface area contributed by atoms with Gasteiger partial charge >= 0.3 is 0 Å². The maximum absolute atomic E-state index is 13.2. The van der Waals surface area contributed by atoms with Gasteiger partial charge in [-0.05, 0) is 55.3 Å². The van der Waals surface area contributed by atoms with E-state index in [1.54, 1.807) is 6.26 Å². The van der Waals surface area contributed by atoms with Crippen LogP contribution in [-0.2, 0) is 0 Å². The molecule has 1 aromatic heterocycles. The molecule has 0 bridgehead atoms. The van der Waals surface area contributed by atoms with Crippen LogP contribution in [-0.4, -0.2) is 6.54 Å². The number of hydrogen-bond acceptors (Lipinski definition) is 2. The summed E-state index contributed by atoms with van der Waals surface area (Å²) in [6.45, 7) is 3.01. The Kier molecular flexibility index (Phi) is 5.44. The first-order chi connectivity index (χ1) is 11.7. The van der Waals surface area contributed by atoms with Crippen molar-refractivity contribution < 1.29 is 8.81 Å². The van der Waals surface area contributed by atoms with E-state index in [-0.39, 0.29) is 17.8 Å². The van der Waals surface area contributed by atoms with Crippen molar-refractivity contribution in [2.45, 2.75) is 25.3 Å². The van der Waals surface area contributed by atoms with E-state index in [1.807, 2.05) is 30.3 Å². The zero-order chi connectivity index (χ0) is 16.8. The van der Waals surface area contributed by atoms with Gasteiger partial charge in [-0.3, -0.25) is 0 Å². The normalized spacial score (nSPS) is 13.6. The first-order valence-corrected chi connectivity index (χ1v) is 8.31. The van der Waals surface area contributed by atoms with Gasteiger partial charge in [-0.15, -0.1) is 0 Å². The van der Waals surface area contributed by atoms with E-state index in [1.165, 1.54) is 17.7 Å². The van der Waals surface area contributed by atoms with Crippen molar-refractivity contribution in [2.24, 2.45) is 0 Å². The number of nitrogens with one attached hydrogen (secondary N) is 1. The Labute approximate surface area is 142 Å². The third-order valence-electron chi connectivity index (χ3n) is 4.34. The molecule has 0 radical (unpaired) electrons. The molecular formula is C21H22FNO. The molecule has 0 spiro atoms. The number of halogens is 1. The summed E-state index contributed by atoms with van der Waals surface area (Å²) in [6, 6.07) is 21.2. The summed E-state index contributed by atoms with van der Waals surface area (Å²) in [5.74, 6) is 0.819. The number of rotatable bonds is 7. The molecule has 0 fully saturated rings. The number of furan rings is 1. The van der Waals surface area contributed by atoms with E-state index in [0.717, 1.165) is 24.3 Å². The highest BCUT2D eigenvalue weighted by Crippen LogP contribution is 2.28. The molecule has 0 aliphatic heterocycles. The Morgan fingerprint density at radius 3 is 2.33 bits per heavy atom. The Bertz CT molecular complexity index is 722. The van der Waals surface area contributed by atoms with Crippen molar-refractivity contribution in [1.82, 2.24) is 5.32 Å². The third kappa shape index (κ3) is 4.12. The average Bonchev–Trinajstić information content (AvgIpc) is 3.15. The summed E-state index contributed by atoms with van der Waals surface area (Å²) in [6.07, 6.45) is 2.57. The highest BCUT2D eigenvalue weighted by Gasteiger charge is 2.17. The number of hydrogen-bond donors (Lipinski definition) is 1. The van der Waals surface area contributed by atoms with Crippen molar-refractivity contribution in [3.63, 3.8) is 0 Å². The predicted octanol–water partition coefficient (Wildman–Crippen LogP) is 5.29. The molecule has 124 valence electrons. The second kappa shape index (κ2) is 7.93. The topological polar surface area (TPSA) is 25.2 Å². The summed E-state index contributed by atoms with van der Waals surface area (Å²) in [5, 5.41) is 3.56. The van der Waals surface area contributed by atoms with E-state index < -0.39 is 0 Å². The lowest BCUT2D eigenvalue weighted by Gasteiger charge is -2.18. The van der Waals surface area contributed by atoms with Crippen molar-refractivity contribution in [3.05, 3.63) is 95.7 Å². The minimum absolute atomic E-state index is 0.121. The van der Waals surface area contributed by atoms with Crippen LogP contribution in [0, 0.1) is 5.82 Å². The fourth-order valence-electron chi connectivity index (χ4n) is 2.96. The smallest absolute Gasteiger partial charge is 0.123 e. The Morgan fingerprint density at radius 2 is 1.67 bits per heavy atom. The van der Waals surface area contributed by atoms with Crippen LogP contribution in [0.4, 0.5) is 4.39 Å². The Hall–Kier alpha value is -2.39. The SMILES string of the molecule is C[C@@H](NCC[C@@H](c1ccc(F)cc1)c1ccco1)c1ccccc1. The van der Waals surface area contributed by atoms with Gasteiger partial charge in [0, 0.05) is 12.0 Å². The molecule has 0 saturated heterocycles. The van der Waals surface area contributed by atoms with Gasteiger partial charge in [-0.2, -0.15) is 0 Å². The molecule has 0 aliphatic carbocycles. The fourth-order valence-corrected chi connectivity index (χ4v) is 2.96. The molecule has 3 heteroatoms. The van der Waals surface area contributed by atoms with Gasteiger partial charge in [0.1, 0.15) is 11.6 Å². The van der Waals surface area contributed by atoms with E-state index in [2.05, 4.69) is 36.5 Å². The monoisotopic (exact) mass is 323 g/mol. The molecule has 24 heavy (non-hydrogen) atoms. The maximum atomic E-state index is 13.2. The lowest BCUT2D eigenvalue weighted by Crippen LogP contribution is -2.21. The van der Waals surface area contributed by atoms with Crippen LogP contribution in [0.1, 0.15) is 42.2 Å². The Balaban J connectivity index is 1.66. The quantitative estimate of drug-likeness (QED) is 0.639. The molecule has 3 rings (SSSR count). The minimum Gasteiger partial charge on any atom is -0.469 e. The molecule has 2 aromatic carbocycles. The summed E-state index contributed by atoms with van der Waals surface area (Å²) >= 11 is 0. The first kappa shape index (κ1) is 16.5. The third-order valence-corrected chi connectivity index (χ3v) is 4.34. The van der Waals surface area contributed by atoms with E-state index >= 15 is 0 Å². The Morgan fingerprint density at radius 1 is 0.917 bits per heavy atom. The van der Waals surface area contributed by atoms with E-state index in [4.69, 9.17) is 4.42 Å². The molecule has 3 aromatic rings. The lowest BCUT2D eigenvalue weighted by atomic mass is 9.93. The summed E-state index contributed by atoms with van der Waals surface area (Å²) in [5.41, 5.74) is 2.34. The molecule has 0 amide bonds. The van der Waals surface area contributed by atoms with Crippen LogP contribution in [0.5, 0.6) is 0 Å². The van der Waals surface area contributed by atoms with Crippen molar-refractivity contribution >= 4 is 0 Å². The van der Waals surface area contributed by atoms with Crippen LogP contribution in [0.3, 0.4) is 0 Å². The van der Waals surface area contributed by atoms with Gasteiger partial charge in [-0.1, -0.05) is 42.5 Å². The van der Waals surface area contributed by atoms with Gasteiger partial charge in [0.15, 0.2) is 0 Å². The van der Waals surface area contributed by atoms with Crippen LogP contribution in [0.25, 0.3) is 0 Å². The van der Waals surface area contributed by atoms with E-state index in [9.17, 15) is 4.39 Å². The molecule has 1 N–H and O–H groups in total. The summed E-state index contributed by atoms with van der Waals surface area (Å²) in [7, 11) is 0. The molecule has 2 atom stereocenters. The first-order valence-electron chi connectivity index (χ1n) is 8.31. The van der Waals surface area contributed by atoms with Crippen LogP contribution in [0.2, 0.25) is 0 Å². The van der Waals surface area contributed by atoms with Crippen molar-refractivity contribution in [1.29, 1.82) is 0 Å². The highest BCUT2D eigenvalue weighted by atomic mass is 19.1. The molecule has 2 nitrogen and oxygen atoms in total. The highest BCUT2D eigenvalue weighted by molar-refractivity contribution is 5.27. The lowest BCUT2D eigenvalue weighted by molar-refractivity contribution is 0.457. The largest absolute Gasteiger partial charge is 0.469 e. The van der Waals surface area contributed by atoms with Gasteiger partial charge < -0.3 is 9.73 Å². The van der Waals surface area contributed by atoms with Gasteiger partial charge in [0.05, 0.1) is 6.26 Å². The summed E-state index contributed by atoms with van der Waals surface area (Å²) < 4.78 is 18.8. The molecule has 0 aliphatic rings. The molecule has 1 heterocycles. The maximum Gasteiger partial charge on any atom is 0.123 e.